The molecule has 6 nitrogen and oxygen atoms in total. The summed E-state index contributed by atoms with van der Waals surface area (Å²) in [6.45, 7) is 5.51. The van der Waals surface area contributed by atoms with Crippen molar-refractivity contribution in [1.82, 2.24) is 9.80 Å². The smallest absolute Gasteiger partial charge is 0.246 e. The van der Waals surface area contributed by atoms with Gasteiger partial charge in [0, 0.05) is 25.2 Å². The second kappa shape index (κ2) is 8.38. The summed E-state index contributed by atoms with van der Waals surface area (Å²) in [5.41, 5.74) is 0.545. The molecule has 5 aliphatic rings. The van der Waals surface area contributed by atoms with Gasteiger partial charge in [0.2, 0.25) is 5.91 Å². The number of piperidine rings is 1. The minimum Gasteiger partial charge on any atom is -0.504 e. The molecular formula is C29H38N2O4. The molecule has 3 fully saturated rings. The summed E-state index contributed by atoms with van der Waals surface area (Å²) in [4.78, 5) is 17.5. The van der Waals surface area contributed by atoms with E-state index in [9.17, 15) is 15.0 Å². The quantitative estimate of drug-likeness (QED) is 0.499. The Bertz CT molecular complexity index is 1060. The lowest BCUT2D eigenvalue weighted by Crippen LogP contribution is -2.78. The average Bonchev–Trinajstić information content (AvgIpc) is 3.22. The minimum absolute atomic E-state index is 0.00266. The van der Waals surface area contributed by atoms with Crippen molar-refractivity contribution in [1.29, 1.82) is 0 Å². The van der Waals surface area contributed by atoms with Gasteiger partial charge < -0.3 is 19.8 Å². The van der Waals surface area contributed by atoms with Crippen LogP contribution in [0.1, 0.15) is 62.5 Å². The Morgan fingerprint density at radius 1 is 1.26 bits per heavy atom. The second-order valence-electron chi connectivity index (χ2n) is 11.4. The summed E-state index contributed by atoms with van der Waals surface area (Å²) >= 11 is 0. The van der Waals surface area contributed by atoms with Gasteiger partial charge in [-0.2, -0.15) is 0 Å². The van der Waals surface area contributed by atoms with Gasteiger partial charge in [0.1, 0.15) is 6.10 Å². The standard InChI is InChI=1S/C29H38N2O4/c1-3-16-31-17-15-28-25-20-10-11-22(32)26(25)35-27(28)21(13-14-29(28,34)23(31)18-20)30(2)24(33)12-9-19-7-5-4-6-8-19/h3,9-12,19,21,23,27,32,34H,1,4-8,13-18H2,2H3/b12-9+/t21-,23-,27+,28+,29-/m1/s1. The van der Waals surface area contributed by atoms with Crippen molar-refractivity contribution in [3.8, 4) is 11.5 Å². The number of phenols is 1. The Morgan fingerprint density at radius 2 is 2.06 bits per heavy atom. The lowest BCUT2D eigenvalue weighted by atomic mass is 9.48. The van der Waals surface area contributed by atoms with E-state index in [1.807, 2.05) is 24.1 Å². The number of carbonyl (C=O) groups is 1. The molecule has 2 bridgehead atoms. The number of phenolic OH excluding ortho intramolecular Hbond substituents is 1. The number of amides is 1. The fourth-order valence-electron chi connectivity index (χ4n) is 8.21. The molecule has 6 heteroatoms. The predicted octanol–water partition coefficient (Wildman–Crippen LogP) is 3.70. The van der Waals surface area contributed by atoms with Crippen molar-refractivity contribution < 1.29 is 19.7 Å². The molecule has 2 N–H and O–H groups in total. The molecule has 1 saturated heterocycles. The van der Waals surface area contributed by atoms with Gasteiger partial charge in [0.25, 0.3) is 0 Å². The van der Waals surface area contributed by atoms with Gasteiger partial charge in [-0.1, -0.05) is 37.5 Å². The van der Waals surface area contributed by atoms with E-state index in [1.54, 1.807) is 12.1 Å². The molecule has 1 aromatic rings. The number of aliphatic hydroxyl groups is 1. The number of hydrogen-bond donors (Lipinski definition) is 2. The fourth-order valence-corrected chi connectivity index (χ4v) is 8.21. The summed E-state index contributed by atoms with van der Waals surface area (Å²) in [7, 11) is 1.87. The highest BCUT2D eigenvalue weighted by molar-refractivity contribution is 5.87. The maximum Gasteiger partial charge on any atom is 0.246 e. The zero-order chi connectivity index (χ0) is 24.4. The van der Waals surface area contributed by atoms with Gasteiger partial charge in [0.15, 0.2) is 11.5 Å². The highest BCUT2D eigenvalue weighted by Crippen LogP contribution is 2.65. The van der Waals surface area contributed by atoms with Crippen LogP contribution in [0.4, 0.5) is 0 Å². The SMILES string of the molecule is C=CCN1CC[C@]23c4c5ccc(O)c4O[C@H]2[C@H](N(C)C(=O)/C=C/C2CCCCC2)CC[C@@]3(O)[C@H]1C5. The van der Waals surface area contributed by atoms with Crippen LogP contribution in [0.15, 0.2) is 36.9 Å². The van der Waals surface area contributed by atoms with Gasteiger partial charge in [0.05, 0.1) is 17.1 Å². The monoisotopic (exact) mass is 478 g/mol. The number of ether oxygens (including phenoxy) is 1. The summed E-state index contributed by atoms with van der Waals surface area (Å²) in [5.74, 6) is 1.15. The average molecular weight is 479 g/mol. The van der Waals surface area contributed by atoms with Crippen molar-refractivity contribution in [2.45, 2.75) is 87.0 Å². The van der Waals surface area contributed by atoms with Crippen LogP contribution < -0.4 is 4.74 Å². The molecule has 35 heavy (non-hydrogen) atoms. The number of rotatable bonds is 5. The molecule has 5 atom stereocenters. The van der Waals surface area contributed by atoms with Gasteiger partial charge in [-0.25, -0.2) is 0 Å². The third kappa shape index (κ3) is 3.18. The van der Waals surface area contributed by atoms with Crippen LogP contribution >= 0.6 is 0 Å². The largest absolute Gasteiger partial charge is 0.504 e. The number of allylic oxidation sites excluding steroid dienone is 1. The summed E-state index contributed by atoms with van der Waals surface area (Å²) in [6.07, 6.45) is 14.3. The molecule has 3 aliphatic carbocycles. The van der Waals surface area contributed by atoms with E-state index in [0.29, 0.717) is 24.5 Å². The third-order valence-corrected chi connectivity index (χ3v) is 9.91. The van der Waals surface area contributed by atoms with Crippen LogP contribution in [-0.2, 0) is 16.6 Å². The Balaban J connectivity index is 1.36. The molecule has 2 saturated carbocycles. The first kappa shape index (κ1) is 23.1. The summed E-state index contributed by atoms with van der Waals surface area (Å²) < 4.78 is 6.58. The number of hydrogen-bond acceptors (Lipinski definition) is 5. The first-order chi connectivity index (χ1) is 16.9. The molecule has 0 aromatic heterocycles. The highest BCUT2D eigenvalue weighted by Gasteiger charge is 2.73. The molecular weight excluding hydrogens is 440 g/mol. The van der Waals surface area contributed by atoms with Crippen LogP contribution in [0.5, 0.6) is 11.5 Å². The topological polar surface area (TPSA) is 73.2 Å². The second-order valence-corrected chi connectivity index (χ2v) is 11.4. The molecule has 1 aromatic carbocycles. The minimum atomic E-state index is -0.969. The molecule has 2 aliphatic heterocycles. The lowest BCUT2D eigenvalue weighted by Gasteiger charge is -2.64. The normalized spacial score (nSPS) is 36.0. The van der Waals surface area contributed by atoms with E-state index >= 15 is 0 Å². The number of likely N-dealkylation sites (N-methyl/N-ethyl adjacent to an activating group) is 1. The molecule has 2 heterocycles. The number of likely N-dealkylation sites (tertiary alicyclic amines) is 1. The van der Waals surface area contributed by atoms with E-state index in [0.717, 1.165) is 37.1 Å². The van der Waals surface area contributed by atoms with Crippen molar-refractivity contribution >= 4 is 5.91 Å². The lowest BCUT2D eigenvalue weighted by molar-refractivity contribution is -0.198. The maximum absolute atomic E-state index is 13.3. The molecule has 188 valence electrons. The first-order valence-electron chi connectivity index (χ1n) is 13.4. The highest BCUT2D eigenvalue weighted by atomic mass is 16.5. The molecule has 0 radical (unpaired) electrons. The number of carbonyl (C=O) groups excluding carboxylic acids is 1. The van der Waals surface area contributed by atoms with Gasteiger partial charge in [-0.3, -0.25) is 9.69 Å². The maximum atomic E-state index is 13.3. The zero-order valence-corrected chi connectivity index (χ0v) is 20.8. The van der Waals surface area contributed by atoms with Crippen LogP contribution in [-0.4, -0.2) is 69.8 Å². The van der Waals surface area contributed by atoms with Gasteiger partial charge in [-0.05, 0) is 68.7 Å². The molecule has 0 unspecified atom stereocenters. The summed E-state index contributed by atoms with van der Waals surface area (Å²) in [5, 5.41) is 23.2. The third-order valence-electron chi connectivity index (χ3n) is 9.91. The fraction of sp³-hybridized carbons (Fsp3) is 0.621. The zero-order valence-electron chi connectivity index (χ0n) is 20.8. The molecule has 1 spiro atoms. The van der Waals surface area contributed by atoms with Crippen molar-refractivity contribution in [3.63, 3.8) is 0 Å². The first-order valence-corrected chi connectivity index (χ1v) is 13.4. The molecule has 1 amide bonds. The van der Waals surface area contributed by atoms with E-state index in [4.69, 9.17) is 4.74 Å². The van der Waals surface area contributed by atoms with E-state index < -0.39 is 11.0 Å². The number of nitrogens with zero attached hydrogens (tertiary/aromatic N) is 2. The van der Waals surface area contributed by atoms with E-state index in [2.05, 4.69) is 17.6 Å². The molecule has 6 rings (SSSR count). The van der Waals surface area contributed by atoms with Crippen molar-refractivity contribution in [2.75, 3.05) is 20.1 Å². The number of benzene rings is 1. The predicted molar refractivity (Wildman–Crippen MR) is 135 cm³/mol. The summed E-state index contributed by atoms with van der Waals surface area (Å²) in [6, 6.07) is 3.52. The Labute approximate surface area is 208 Å². The van der Waals surface area contributed by atoms with E-state index in [-0.39, 0.29) is 29.8 Å². The van der Waals surface area contributed by atoms with Crippen LogP contribution in [0, 0.1) is 5.92 Å². The Hall–Kier alpha value is -2.31. The van der Waals surface area contributed by atoms with Gasteiger partial charge >= 0.3 is 0 Å². The van der Waals surface area contributed by atoms with Crippen molar-refractivity contribution in [3.05, 3.63) is 48.1 Å². The Morgan fingerprint density at radius 3 is 2.83 bits per heavy atom. The van der Waals surface area contributed by atoms with Gasteiger partial charge in [-0.15, -0.1) is 6.58 Å². The van der Waals surface area contributed by atoms with Crippen LogP contribution in [0.2, 0.25) is 0 Å². The van der Waals surface area contributed by atoms with Crippen LogP contribution in [0.25, 0.3) is 0 Å². The number of aromatic hydroxyl groups is 1. The van der Waals surface area contributed by atoms with E-state index in [1.165, 1.54) is 32.1 Å². The van der Waals surface area contributed by atoms with Crippen LogP contribution in [0.3, 0.4) is 0 Å². The Kier molecular flexibility index (Phi) is 5.53. The van der Waals surface area contributed by atoms with Crippen molar-refractivity contribution in [2.24, 2.45) is 5.92 Å².